The van der Waals surface area contributed by atoms with Crippen molar-refractivity contribution >= 4 is 51.2 Å². The van der Waals surface area contributed by atoms with Crippen molar-refractivity contribution < 1.29 is 15.0 Å². The second-order valence-electron chi connectivity index (χ2n) is 3.63. The van der Waals surface area contributed by atoms with E-state index in [-0.39, 0.29) is 5.75 Å². The lowest BCUT2D eigenvalue weighted by Gasteiger charge is -2.24. The summed E-state index contributed by atoms with van der Waals surface area (Å²) in [5, 5.41) is 21.7. The number of phenols is 1. The Labute approximate surface area is 120 Å². The molecule has 0 fully saturated rings. The molecule has 2 rings (SSSR count). The maximum Gasteiger partial charge on any atom is 0.321 e. The van der Waals surface area contributed by atoms with Crippen LogP contribution in [0.25, 0.3) is 0 Å². The van der Waals surface area contributed by atoms with E-state index in [1.165, 1.54) is 0 Å². The SMILES string of the molecule is O=C(O)[C@H]1Cc2cc(I)c(O)c(I)c2CN1. The number of carboxylic acids is 1. The van der Waals surface area contributed by atoms with Crippen LogP contribution < -0.4 is 5.32 Å². The van der Waals surface area contributed by atoms with Crippen LogP contribution in [0.1, 0.15) is 11.1 Å². The van der Waals surface area contributed by atoms with Gasteiger partial charge in [0.2, 0.25) is 0 Å². The summed E-state index contributed by atoms with van der Waals surface area (Å²) in [5.41, 5.74) is 2.02. The minimum atomic E-state index is -0.830. The van der Waals surface area contributed by atoms with Gasteiger partial charge in [-0.05, 0) is 68.8 Å². The molecule has 16 heavy (non-hydrogen) atoms. The second-order valence-corrected chi connectivity index (χ2v) is 5.88. The van der Waals surface area contributed by atoms with Crippen molar-refractivity contribution in [3.05, 3.63) is 24.3 Å². The summed E-state index contributed by atoms with van der Waals surface area (Å²) in [5.74, 6) is -0.542. The van der Waals surface area contributed by atoms with Crippen LogP contribution in [0.5, 0.6) is 5.75 Å². The van der Waals surface area contributed by atoms with Gasteiger partial charge in [0.05, 0.1) is 7.14 Å². The summed E-state index contributed by atoms with van der Waals surface area (Å²) in [6.07, 6.45) is 0.469. The van der Waals surface area contributed by atoms with Gasteiger partial charge in [0.25, 0.3) is 0 Å². The van der Waals surface area contributed by atoms with Gasteiger partial charge in [0.15, 0.2) is 0 Å². The zero-order valence-electron chi connectivity index (χ0n) is 8.13. The van der Waals surface area contributed by atoms with Crippen molar-refractivity contribution in [3.8, 4) is 5.75 Å². The highest BCUT2D eigenvalue weighted by Gasteiger charge is 2.26. The number of hydrogen-bond donors (Lipinski definition) is 3. The molecule has 1 aliphatic rings. The molecule has 1 heterocycles. The van der Waals surface area contributed by atoms with Crippen molar-refractivity contribution in [2.75, 3.05) is 0 Å². The van der Waals surface area contributed by atoms with E-state index in [9.17, 15) is 9.90 Å². The molecule has 4 nitrogen and oxygen atoms in total. The molecule has 0 saturated heterocycles. The van der Waals surface area contributed by atoms with Gasteiger partial charge in [-0.2, -0.15) is 0 Å². The van der Waals surface area contributed by atoms with E-state index >= 15 is 0 Å². The largest absolute Gasteiger partial charge is 0.506 e. The monoisotopic (exact) mass is 445 g/mol. The van der Waals surface area contributed by atoms with Crippen LogP contribution >= 0.6 is 45.2 Å². The third-order valence-electron chi connectivity index (χ3n) is 2.64. The fourth-order valence-electron chi connectivity index (χ4n) is 1.76. The van der Waals surface area contributed by atoms with Crippen molar-refractivity contribution in [2.24, 2.45) is 0 Å². The minimum absolute atomic E-state index is 0.288. The first kappa shape index (κ1) is 12.4. The summed E-state index contributed by atoms with van der Waals surface area (Å²) < 4.78 is 1.59. The normalized spacial score (nSPS) is 19.2. The molecule has 0 amide bonds. The van der Waals surface area contributed by atoms with Crippen LogP contribution in [0.15, 0.2) is 6.07 Å². The zero-order chi connectivity index (χ0) is 11.9. The van der Waals surface area contributed by atoms with Gasteiger partial charge >= 0.3 is 5.97 Å². The quantitative estimate of drug-likeness (QED) is 0.577. The number of nitrogens with one attached hydrogen (secondary N) is 1. The third-order valence-corrected chi connectivity index (χ3v) is 4.62. The Morgan fingerprint density at radius 1 is 1.50 bits per heavy atom. The van der Waals surface area contributed by atoms with Gasteiger partial charge in [-0.1, -0.05) is 0 Å². The number of hydrogen-bond acceptors (Lipinski definition) is 3. The van der Waals surface area contributed by atoms with Crippen LogP contribution in [0.3, 0.4) is 0 Å². The van der Waals surface area contributed by atoms with Crippen LogP contribution in [0, 0.1) is 7.14 Å². The summed E-state index contributed by atoms with van der Waals surface area (Å²) in [6.45, 7) is 0.495. The Morgan fingerprint density at radius 3 is 2.81 bits per heavy atom. The summed E-state index contributed by atoms with van der Waals surface area (Å²) >= 11 is 4.15. The molecule has 1 atom stereocenters. The lowest BCUT2D eigenvalue weighted by molar-refractivity contribution is -0.139. The van der Waals surface area contributed by atoms with Crippen LogP contribution in [0.4, 0.5) is 0 Å². The van der Waals surface area contributed by atoms with E-state index in [0.717, 1.165) is 18.3 Å². The number of benzene rings is 1. The molecule has 1 aliphatic heterocycles. The predicted octanol–water partition coefficient (Wildman–Crippen LogP) is 1.70. The highest BCUT2D eigenvalue weighted by molar-refractivity contribution is 14.1. The van der Waals surface area contributed by atoms with Gasteiger partial charge in [-0.3, -0.25) is 10.1 Å². The molecule has 0 saturated carbocycles. The first-order chi connectivity index (χ1) is 7.50. The van der Waals surface area contributed by atoms with Crippen molar-refractivity contribution in [3.63, 3.8) is 0 Å². The molecule has 3 N–H and O–H groups in total. The van der Waals surface area contributed by atoms with Gasteiger partial charge in [0, 0.05) is 6.54 Å². The maximum atomic E-state index is 10.9. The number of fused-ring (bicyclic) bond motifs is 1. The predicted molar refractivity (Wildman–Crippen MR) is 75.5 cm³/mol. The minimum Gasteiger partial charge on any atom is -0.506 e. The van der Waals surface area contributed by atoms with Gasteiger partial charge in [-0.25, -0.2) is 0 Å². The van der Waals surface area contributed by atoms with E-state index in [2.05, 4.69) is 50.5 Å². The first-order valence-electron chi connectivity index (χ1n) is 4.65. The van der Waals surface area contributed by atoms with Crippen LogP contribution in [-0.2, 0) is 17.8 Å². The number of rotatable bonds is 1. The van der Waals surface area contributed by atoms with Crippen LogP contribution in [-0.4, -0.2) is 22.2 Å². The second kappa shape index (κ2) is 4.65. The highest BCUT2D eigenvalue weighted by atomic mass is 127. The zero-order valence-corrected chi connectivity index (χ0v) is 12.4. The van der Waals surface area contributed by atoms with E-state index in [1.54, 1.807) is 0 Å². The number of halogens is 2. The van der Waals surface area contributed by atoms with E-state index < -0.39 is 12.0 Å². The Hall–Kier alpha value is -0.0900. The summed E-state index contributed by atoms with van der Waals surface area (Å²) in [4.78, 5) is 10.9. The molecule has 1 aromatic rings. The fraction of sp³-hybridized carbons (Fsp3) is 0.300. The Morgan fingerprint density at radius 2 is 2.19 bits per heavy atom. The third kappa shape index (κ3) is 2.14. The standard InChI is InChI=1S/C10H9I2NO3/c11-6-1-4-2-7(10(15)16)13-3-5(4)8(12)9(6)14/h1,7,13-14H,2-3H2,(H,15,16)/t7-/m1/s1. The number of aromatic hydroxyl groups is 1. The number of aliphatic carboxylic acids is 1. The Kier molecular flexibility index (Phi) is 3.59. The van der Waals surface area contributed by atoms with Crippen LogP contribution in [0.2, 0.25) is 0 Å². The molecule has 0 aromatic heterocycles. The smallest absolute Gasteiger partial charge is 0.321 e. The van der Waals surface area contributed by atoms with Gasteiger partial charge in [0.1, 0.15) is 11.8 Å². The Balaban J connectivity index is 2.44. The first-order valence-corrected chi connectivity index (χ1v) is 6.81. The highest BCUT2D eigenvalue weighted by Crippen LogP contribution is 2.33. The molecule has 6 heteroatoms. The fourth-order valence-corrected chi connectivity index (χ4v) is 3.75. The molecule has 86 valence electrons. The summed E-state index contributed by atoms with van der Waals surface area (Å²) in [6, 6.07) is 1.34. The maximum absolute atomic E-state index is 10.9. The van der Waals surface area contributed by atoms with E-state index in [4.69, 9.17) is 5.11 Å². The van der Waals surface area contributed by atoms with E-state index in [1.807, 2.05) is 6.07 Å². The molecule has 1 aromatic carbocycles. The molecule has 0 aliphatic carbocycles. The van der Waals surface area contributed by atoms with Crippen molar-refractivity contribution in [1.29, 1.82) is 0 Å². The van der Waals surface area contributed by atoms with Crippen molar-refractivity contribution in [2.45, 2.75) is 19.0 Å². The number of phenolic OH excluding ortho intramolecular Hbond substituents is 1. The average Bonchev–Trinajstić information content (AvgIpc) is 2.25. The summed E-state index contributed by atoms with van der Waals surface area (Å²) in [7, 11) is 0. The molecule has 0 unspecified atom stereocenters. The Bertz CT molecular complexity index is 462. The van der Waals surface area contributed by atoms with Gasteiger partial charge < -0.3 is 10.2 Å². The van der Waals surface area contributed by atoms with E-state index in [0.29, 0.717) is 13.0 Å². The van der Waals surface area contributed by atoms with Crippen molar-refractivity contribution in [1.82, 2.24) is 5.32 Å². The van der Waals surface area contributed by atoms with Gasteiger partial charge in [-0.15, -0.1) is 0 Å². The lowest BCUT2D eigenvalue weighted by atomic mass is 9.96. The lowest BCUT2D eigenvalue weighted by Crippen LogP contribution is -2.42. The number of carbonyl (C=O) groups is 1. The molecule has 0 bridgehead atoms. The molecular weight excluding hydrogens is 436 g/mol. The molecule has 0 spiro atoms. The average molecular weight is 445 g/mol. The topological polar surface area (TPSA) is 69.6 Å². The molecular formula is C10H9I2NO3. The molecule has 0 radical (unpaired) electrons. The number of carboxylic acid groups (broad SMARTS) is 1.